The van der Waals surface area contributed by atoms with Gasteiger partial charge in [0.2, 0.25) is 0 Å². The number of hydrogen-bond acceptors (Lipinski definition) is 4. The number of H-pyrrole nitrogens is 1. The number of hydrogen-bond donors (Lipinski definition) is 1. The van der Waals surface area contributed by atoms with E-state index in [1.165, 1.54) is 12.5 Å². The van der Waals surface area contributed by atoms with Gasteiger partial charge in [0.05, 0.1) is 16.6 Å². The molecule has 5 nitrogen and oxygen atoms in total. The van der Waals surface area contributed by atoms with E-state index in [1.54, 1.807) is 18.5 Å². The highest BCUT2D eigenvalue weighted by Gasteiger charge is 2.20. The Labute approximate surface area is 155 Å². The van der Waals surface area contributed by atoms with Crippen LogP contribution in [0.3, 0.4) is 0 Å². The number of para-hydroxylation sites is 2. The van der Waals surface area contributed by atoms with Crippen LogP contribution in [0.15, 0.2) is 54.9 Å². The second kappa shape index (κ2) is 6.46. The van der Waals surface area contributed by atoms with Crippen LogP contribution >= 0.6 is 0 Å². The fourth-order valence-corrected chi connectivity index (χ4v) is 3.13. The number of benzene rings is 2. The lowest BCUT2D eigenvalue weighted by atomic mass is 9.96. The molecule has 2 aromatic carbocycles. The highest BCUT2D eigenvalue weighted by Crippen LogP contribution is 2.28. The van der Waals surface area contributed by atoms with Gasteiger partial charge in [0, 0.05) is 18.0 Å². The summed E-state index contributed by atoms with van der Waals surface area (Å²) in [5.41, 5.74) is 3.58. The maximum atomic E-state index is 14.7. The zero-order valence-electron chi connectivity index (χ0n) is 14.5. The van der Waals surface area contributed by atoms with Crippen molar-refractivity contribution in [3.63, 3.8) is 0 Å². The maximum absolute atomic E-state index is 14.7. The van der Waals surface area contributed by atoms with Crippen LogP contribution in [-0.4, -0.2) is 26.0 Å². The van der Waals surface area contributed by atoms with Gasteiger partial charge in [0.25, 0.3) is 0 Å². The van der Waals surface area contributed by atoms with Crippen LogP contribution in [0.25, 0.3) is 33.5 Å². The van der Waals surface area contributed by atoms with Crippen molar-refractivity contribution in [1.82, 2.24) is 19.9 Å². The molecule has 0 amide bonds. The summed E-state index contributed by atoms with van der Waals surface area (Å²) in [6, 6.07) is 13.1. The molecular formula is C21H17FN4O. The quantitative estimate of drug-likeness (QED) is 0.570. The van der Waals surface area contributed by atoms with Crippen molar-refractivity contribution in [1.29, 1.82) is 0 Å². The molecule has 4 aromatic rings. The maximum Gasteiger partial charge on any atom is 0.316 e. The zero-order chi connectivity index (χ0) is 18.2. The van der Waals surface area contributed by atoms with E-state index in [-0.39, 0.29) is 11.9 Å². The molecule has 2 aromatic heterocycles. The molecule has 0 bridgehead atoms. The first-order valence-electron chi connectivity index (χ1n) is 9.00. The number of aromatic nitrogens is 4. The molecule has 6 heteroatoms. The van der Waals surface area contributed by atoms with Crippen LogP contribution < -0.4 is 4.74 Å². The van der Waals surface area contributed by atoms with Gasteiger partial charge in [0.1, 0.15) is 17.7 Å². The molecule has 0 unspecified atom stereocenters. The Morgan fingerprint density at radius 2 is 1.81 bits per heavy atom. The Morgan fingerprint density at radius 3 is 2.52 bits per heavy atom. The number of imidazole rings is 1. The zero-order valence-corrected chi connectivity index (χ0v) is 14.5. The minimum absolute atomic E-state index is 0.233. The number of nitrogens with one attached hydrogen (secondary N) is 1. The van der Waals surface area contributed by atoms with E-state index in [1.807, 2.05) is 30.3 Å². The monoisotopic (exact) mass is 360 g/mol. The van der Waals surface area contributed by atoms with E-state index in [2.05, 4.69) is 19.9 Å². The highest BCUT2D eigenvalue weighted by atomic mass is 19.1. The smallest absolute Gasteiger partial charge is 0.316 e. The average Bonchev–Trinajstić information content (AvgIpc) is 3.09. The first-order chi connectivity index (χ1) is 13.3. The molecule has 2 heterocycles. The van der Waals surface area contributed by atoms with E-state index in [9.17, 15) is 4.39 Å². The third kappa shape index (κ3) is 3.03. The second-order valence-corrected chi connectivity index (χ2v) is 6.72. The van der Waals surface area contributed by atoms with E-state index >= 15 is 0 Å². The average molecular weight is 360 g/mol. The second-order valence-electron chi connectivity index (χ2n) is 6.72. The number of fused-ring (bicyclic) bond motifs is 1. The van der Waals surface area contributed by atoms with Gasteiger partial charge in [-0.1, -0.05) is 18.2 Å². The van der Waals surface area contributed by atoms with Crippen molar-refractivity contribution in [2.24, 2.45) is 0 Å². The summed E-state index contributed by atoms with van der Waals surface area (Å²) in [6.45, 7) is 0. The largest absolute Gasteiger partial charge is 0.460 e. The molecule has 1 aliphatic carbocycles. The summed E-state index contributed by atoms with van der Waals surface area (Å²) in [4.78, 5) is 16.1. The molecular weight excluding hydrogens is 343 g/mol. The SMILES string of the molecule is Fc1cc(-c2cnc(OC3CCC3)nc2)ccc1-c1nc2ccccc2[nH]1. The number of aromatic amines is 1. The Balaban J connectivity index is 1.42. The van der Waals surface area contributed by atoms with Crippen molar-refractivity contribution >= 4 is 11.0 Å². The van der Waals surface area contributed by atoms with Gasteiger partial charge in [-0.3, -0.25) is 0 Å². The predicted molar refractivity (Wildman–Crippen MR) is 101 cm³/mol. The van der Waals surface area contributed by atoms with Crippen LogP contribution in [0.2, 0.25) is 0 Å². The molecule has 1 saturated carbocycles. The molecule has 0 saturated heterocycles. The molecule has 1 N–H and O–H groups in total. The number of rotatable bonds is 4. The van der Waals surface area contributed by atoms with Crippen LogP contribution in [-0.2, 0) is 0 Å². The summed E-state index contributed by atoms with van der Waals surface area (Å²) in [5, 5.41) is 0. The molecule has 27 heavy (non-hydrogen) atoms. The summed E-state index contributed by atoms with van der Waals surface area (Å²) in [5.74, 6) is 0.169. The van der Waals surface area contributed by atoms with Gasteiger partial charge in [-0.25, -0.2) is 19.3 Å². The number of halogens is 1. The standard InChI is InChI=1S/C21H17FN4O/c22-17-10-13(14-11-23-21(24-12-14)27-15-4-3-5-15)8-9-16(17)20-25-18-6-1-2-7-19(18)26-20/h1-2,6-12,15H,3-5H2,(H,25,26). The lowest BCUT2D eigenvalue weighted by molar-refractivity contribution is 0.108. The van der Waals surface area contributed by atoms with Crippen LogP contribution in [0.4, 0.5) is 4.39 Å². The van der Waals surface area contributed by atoms with Crippen LogP contribution in [0.1, 0.15) is 19.3 Å². The van der Waals surface area contributed by atoms with Crippen LogP contribution in [0, 0.1) is 5.82 Å². The summed E-state index contributed by atoms with van der Waals surface area (Å²) in [6.07, 6.45) is 6.86. The van der Waals surface area contributed by atoms with Gasteiger partial charge in [-0.05, 0) is 49.1 Å². The van der Waals surface area contributed by atoms with Crippen LogP contribution in [0.5, 0.6) is 6.01 Å². The van der Waals surface area contributed by atoms with Crippen molar-refractivity contribution in [3.05, 3.63) is 60.7 Å². The van der Waals surface area contributed by atoms with Gasteiger partial charge in [0.15, 0.2) is 0 Å². The highest BCUT2D eigenvalue weighted by molar-refractivity contribution is 5.79. The molecule has 0 aliphatic heterocycles. The fraction of sp³-hybridized carbons (Fsp3) is 0.190. The normalized spacial score (nSPS) is 14.3. The summed E-state index contributed by atoms with van der Waals surface area (Å²) < 4.78 is 20.4. The molecule has 0 spiro atoms. The Morgan fingerprint density at radius 1 is 1.00 bits per heavy atom. The molecule has 1 fully saturated rings. The van der Waals surface area contributed by atoms with Crippen molar-refractivity contribution in [2.75, 3.05) is 0 Å². The lowest BCUT2D eigenvalue weighted by Crippen LogP contribution is -2.25. The lowest BCUT2D eigenvalue weighted by Gasteiger charge is -2.24. The van der Waals surface area contributed by atoms with E-state index in [0.717, 1.165) is 29.4 Å². The summed E-state index contributed by atoms with van der Waals surface area (Å²) >= 11 is 0. The minimum atomic E-state index is -0.346. The van der Waals surface area contributed by atoms with Gasteiger partial charge >= 0.3 is 6.01 Å². The van der Waals surface area contributed by atoms with Crippen molar-refractivity contribution < 1.29 is 9.13 Å². The Hall–Kier alpha value is -3.28. The topological polar surface area (TPSA) is 63.7 Å². The molecule has 134 valence electrons. The van der Waals surface area contributed by atoms with Gasteiger partial charge < -0.3 is 9.72 Å². The number of ether oxygens (including phenoxy) is 1. The van der Waals surface area contributed by atoms with Gasteiger partial charge in [-0.15, -0.1) is 0 Å². The molecule has 0 atom stereocenters. The number of nitrogens with zero attached hydrogens (tertiary/aromatic N) is 3. The van der Waals surface area contributed by atoms with Gasteiger partial charge in [-0.2, -0.15) is 0 Å². The molecule has 5 rings (SSSR count). The Bertz CT molecular complexity index is 1070. The van der Waals surface area contributed by atoms with Crippen molar-refractivity contribution in [2.45, 2.75) is 25.4 Å². The predicted octanol–water partition coefficient (Wildman–Crippen LogP) is 4.76. The molecule has 1 aliphatic rings. The van der Waals surface area contributed by atoms with E-state index < -0.39 is 0 Å². The van der Waals surface area contributed by atoms with E-state index in [0.29, 0.717) is 23.0 Å². The molecule has 0 radical (unpaired) electrons. The first kappa shape index (κ1) is 15.9. The van der Waals surface area contributed by atoms with Crippen molar-refractivity contribution in [3.8, 4) is 28.5 Å². The third-order valence-corrected chi connectivity index (χ3v) is 4.90. The summed E-state index contributed by atoms with van der Waals surface area (Å²) in [7, 11) is 0. The van der Waals surface area contributed by atoms with E-state index in [4.69, 9.17) is 4.74 Å². The Kier molecular flexibility index (Phi) is 3.81. The third-order valence-electron chi connectivity index (χ3n) is 4.90. The first-order valence-corrected chi connectivity index (χ1v) is 9.00. The minimum Gasteiger partial charge on any atom is -0.460 e. The fourth-order valence-electron chi connectivity index (χ4n) is 3.13.